The Bertz CT molecular complexity index is 516. The quantitative estimate of drug-likeness (QED) is 0.758. The number of ether oxygens (including phenoxy) is 1. The van der Waals surface area contributed by atoms with E-state index in [4.69, 9.17) is 4.74 Å². The average molecular weight is 263 g/mol. The second-order valence-corrected chi connectivity index (χ2v) is 4.46. The maximum absolute atomic E-state index is 11.7. The highest BCUT2D eigenvalue weighted by molar-refractivity contribution is 5.99. The topological polar surface area (TPSA) is 79.5 Å². The first-order chi connectivity index (χ1) is 9.01. The minimum atomic E-state index is -0.503. The first-order valence-corrected chi connectivity index (χ1v) is 6.11. The maximum Gasteiger partial charge on any atom is 0.265 e. The Morgan fingerprint density at radius 2 is 2.21 bits per heavy atom. The van der Waals surface area contributed by atoms with Gasteiger partial charge < -0.3 is 20.7 Å². The molecule has 6 heteroatoms. The molecule has 2 atom stereocenters. The summed E-state index contributed by atoms with van der Waals surface area (Å²) in [6, 6.07) is 4.86. The number of hydrogen-bond donors (Lipinski definition) is 3. The van der Waals surface area contributed by atoms with Crippen molar-refractivity contribution < 1.29 is 14.3 Å². The summed E-state index contributed by atoms with van der Waals surface area (Å²) in [6.45, 7) is 3.45. The summed E-state index contributed by atoms with van der Waals surface area (Å²) >= 11 is 0. The van der Waals surface area contributed by atoms with Crippen LogP contribution < -0.4 is 20.7 Å². The zero-order valence-corrected chi connectivity index (χ0v) is 11.1. The van der Waals surface area contributed by atoms with Gasteiger partial charge in [0.1, 0.15) is 5.75 Å². The lowest BCUT2D eigenvalue weighted by Crippen LogP contribution is -2.36. The fraction of sp³-hybridized carbons (Fsp3) is 0.385. The molecular formula is C13H17N3O3. The van der Waals surface area contributed by atoms with Gasteiger partial charge in [-0.1, -0.05) is 0 Å². The van der Waals surface area contributed by atoms with E-state index in [0.29, 0.717) is 17.1 Å². The van der Waals surface area contributed by atoms with Gasteiger partial charge in [-0.05, 0) is 39.1 Å². The molecule has 1 aromatic rings. The van der Waals surface area contributed by atoms with Crippen LogP contribution in [0.4, 0.5) is 11.4 Å². The third-order valence-corrected chi connectivity index (χ3v) is 3.00. The van der Waals surface area contributed by atoms with Crippen LogP contribution in [0.3, 0.4) is 0 Å². The number of fused-ring (bicyclic) bond motifs is 1. The van der Waals surface area contributed by atoms with Crippen molar-refractivity contribution in [2.24, 2.45) is 0 Å². The lowest BCUT2D eigenvalue weighted by atomic mass is 10.2. The van der Waals surface area contributed by atoms with Crippen LogP contribution in [0.2, 0.25) is 0 Å². The van der Waals surface area contributed by atoms with Crippen molar-refractivity contribution in [3.8, 4) is 5.75 Å². The van der Waals surface area contributed by atoms with E-state index in [1.54, 1.807) is 39.1 Å². The van der Waals surface area contributed by atoms with Gasteiger partial charge in [-0.25, -0.2) is 0 Å². The highest BCUT2D eigenvalue weighted by Crippen LogP contribution is 2.32. The molecule has 2 rings (SSSR count). The second-order valence-electron chi connectivity index (χ2n) is 4.46. The van der Waals surface area contributed by atoms with Crippen LogP contribution in [0, 0.1) is 0 Å². The molecule has 2 unspecified atom stereocenters. The number of anilines is 2. The average Bonchev–Trinajstić information content (AvgIpc) is 2.39. The number of hydrogen-bond acceptors (Lipinski definition) is 4. The highest BCUT2D eigenvalue weighted by atomic mass is 16.5. The Morgan fingerprint density at radius 3 is 2.89 bits per heavy atom. The van der Waals surface area contributed by atoms with Crippen molar-refractivity contribution in [2.45, 2.75) is 26.0 Å². The summed E-state index contributed by atoms with van der Waals surface area (Å²) in [4.78, 5) is 23.2. The Kier molecular flexibility index (Phi) is 3.71. The van der Waals surface area contributed by atoms with E-state index in [9.17, 15) is 9.59 Å². The predicted octanol–water partition coefficient (Wildman–Crippen LogP) is 0.952. The molecule has 1 heterocycles. The number of nitrogens with one attached hydrogen (secondary N) is 3. The first kappa shape index (κ1) is 13.4. The Morgan fingerprint density at radius 1 is 1.47 bits per heavy atom. The van der Waals surface area contributed by atoms with Gasteiger partial charge in [-0.3, -0.25) is 9.59 Å². The van der Waals surface area contributed by atoms with Gasteiger partial charge >= 0.3 is 0 Å². The molecule has 0 fully saturated rings. The van der Waals surface area contributed by atoms with Crippen LogP contribution in [0.1, 0.15) is 13.8 Å². The second kappa shape index (κ2) is 5.27. The molecule has 1 aliphatic rings. The molecule has 0 saturated heterocycles. The maximum atomic E-state index is 11.7. The van der Waals surface area contributed by atoms with Gasteiger partial charge in [0, 0.05) is 5.69 Å². The molecule has 0 radical (unpaired) electrons. The van der Waals surface area contributed by atoms with Crippen molar-refractivity contribution in [3.63, 3.8) is 0 Å². The van der Waals surface area contributed by atoms with E-state index < -0.39 is 6.10 Å². The van der Waals surface area contributed by atoms with Crippen LogP contribution in [0.5, 0.6) is 5.75 Å². The van der Waals surface area contributed by atoms with Gasteiger partial charge in [0.25, 0.3) is 5.91 Å². The van der Waals surface area contributed by atoms with Crippen LogP contribution >= 0.6 is 0 Å². The zero-order chi connectivity index (χ0) is 14.0. The van der Waals surface area contributed by atoms with Crippen LogP contribution in [-0.4, -0.2) is 31.0 Å². The van der Waals surface area contributed by atoms with E-state index in [0.717, 1.165) is 0 Å². The number of amides is 2. The molecule has 102 valence electrons. The molecule has 1 aliphatic heterocycles. The number of benzene rings is 1. The third kappa shape index (κ3) is 2.85. The number of carbonyl (C=O) groups excluding carboxylic acids is 2. The lowest BCUT2D eigenvalue weighted by Gasteiger charge is -2.23. The smallest absolute Gasteiger partial charge is 0.265 e. The summed E-state index contributed by atoms with van der Waals surface area (Å²) in [6.07, 6.45) is -0.503. The van der Waals surface area contributed by atoms with E-state index in [-0.39, 0.29) is 17.9 Å². The molecule has 3 N–H and O–H groups in total. The molecule has 2 amide bonds. The summed E-state index contributed by atoms with van der Waals surface area (Å²) in [7, 11) is 1.71. The number of rotatable bonds is 3. The van der Waals surface area contributed by atoms with Crippen LogP contribution in [0.25, 0.3) is 0 Å². The van der Waals surface area contributed by atoms with Crippen molar-refractivity contribution in [1.29, 1.82) is 0 Å². The van der Waals surface area contributed by atoms with Gasteiger partial charge in [0.05, 0.1) is 11.7 Å². The molecule has 0 spiro atoms. The summed E-state index contributed by atoms with van der Waals surface area (Å²) in [5.41, 5.74) is 1.18. The summed E-state index contributed by atoms with van der Waals surface area (Å²) in [5, 5.41) is 8.35. The Balaban J connectivity index is 2.15. The summed E-state index contributed by atoms with van der Waals surface area (Å²) < 4.78 is 5.44. The van der Waals surface area contributed by atoms with Gasteiger partial charge in [-0.15, -0.1) is 0 Å². The Labute approximate surface area is 111 Å². The normalized spacial score (nSPS) is 18.9. The van der Waals surface area contributed by atoms with E-state index in [1.807, 2.05) is 0 Å². The monoisotopic (exact) mass is 263 g/mol. The van der Waals surface area contributed by atoms with E-state index in [2.05, 4.69) is 16.0 Å². The molecule has 19 heavy (non-hydrogen) atoms. The number of likely N-dealkylation sites (N-methyl/N-ethyl adjacent to an activating group) is 1. The van der Waals surface area contributed by atoms with Crippen molar-refractivity contribution >= 4 is 23.2 Å². The van der Waals surface area contributed by atoms with Crippen molar-refractivity contribution in [3.05, 3.63) is 18.2 Å². The SMILES string of the molecule is CNC(C)C(=O)Nc1ccc2c(c1)NC(=O)C(C)O2. The largest absolute Gasteiger partial charge is 0.479 e. The highest BCUT2D eigenvalue weighted by Gasteiger charge is 2.23. The number of carbonyl (C=O) groups is 2. The standard InChI is InChI=1S/C13H17N3O3/c1-7(14-3)12(17)15-9-4-5-11-10(6-9)16-13(18)8(2)19-11/h4-8,14H,1-3H3,(H,15,17)(H,16,18). The first-order valence-electron chi connectivity index (χ1n) is 6.11. The van der Waals surface area contributed by atoms with Crippen LogP contribution in [0.15, 0.2) is 18.2 Å². The molecule has 0 aromatic heterocycles. The molecule has 1 aromatic carbocycles. The van der Waals surface area contributed by atoms with Gasteiger partial charge in [0.2, 0.25) is 5.91 Å². The minimum Gasteiger partial charge on any atom is -0.479 e. The molecule has 0 saturated carbocycles. The van der Waals surface area contributed by atoms with Crippen LogP contribution in [-0.2, 0) is 9.59 Å². The molecule has 6 nitrogen and oxygen atoms in total. The lowest BCUT2D eigenvalue weighted by molar-refractivity contribution is -0.122. The van der Waals surface area contributed by atoms with Gasteiger partial charge in [-0.2, -0.15) is 0 Å². The minimum absolute atomic E-state index is 0.140. The molecule has 0 bridgehead atoms. The van der Waals surface area contributed by atoms with Crippen molar-refractivity contribution in [2.75, 3.05) is 17.7 Å². The predicted molar refractivity (Wildman–Crippen MR) is 72.3 cm³/mol. The van der Waals surface area contributed by atoms with E-state index >= 15 is 0 Å². The zero-order valence-electron chi connectivity index (χ0n) is 11.1. The fourth-order valence-corrected chi connectivity index (χ4v) is 1.67. The molecule has 0 aliphatic carbocycles. The van der Waals surface area contributed by atoms with Gasteiger partial charge in [0.15, 0.2) is 6.10 Å². The van der Waals surface area contributed by atoms with E-state index in [1.165, 1.54) is 0 Å². The van der Waals surface area contributed by atoms with Crippen molar-refractivity contribution in [1.82, 2.24) is 5.32 Å². The summed E-state index contributed by atoms with van der Waals surface area (Å²) in [5.74, 6) is 0.269. The fourth-order valence-electron chi connectivity index (χ4n) is 1.67. The third-order valence-electron chi connectivity index (χ3n) is 3.00. The Hall–Kier alpha value is -2.08. The molecular weight excluding hydrogens is 246 g/mol.